The number of unbranched alkanes of at least 4 members (excludes halogenated alkanes) is 1. The second-order valence-corrected chi connectivity index (χ2v) is 6.63. The molecule has 6 nitrogen and oxygen atoms in total. The number of pyridine rings is 2. The summed E-state index contributed by atoms with van der Waals surface area (Å²) in [5, 5.41) is 18.3. The van der Waals surface area contributed by atoms with E-state index in [4.69, 9.17) is 5.41 Å². The molecule has 0 amide bonds. The summed E-state index contributed by atoms with van der Waals surface area (Å²) in [7, 11) is 0. The summed E-state index contributed by atoms with van der Waals surface area (Å²) in [6.45, 7) is 4.89. The zero-order valence-electron chi connectivity index (χ0n) is 15.2. The predicted octanol–water partition coefficient (Wildman–Crippen LogP) is 3.22. The molecule has 3 rings (SSSR count). The van der Waals surface area contributed by atoms with E-state index in [-0.39, 0.29) is 16.6 Å². The zero-order chi connectivity index (χ0) is 18.7. The van der Waals surface area contributed by atoms with Gasteiger partial charge in [-0.2, -0.15) is 5.26 Å². The van der Waals surface area contributed by atoms with Crippen LogP contribution in [-0.4, -0.2) is 14.0 Å². The molecule has 6 heteroatoms. The lowest BCUT2D eigenvalue weighted by Gasteiger charge is -2.19. The minimum atomic E-state index is -0.211. The fraction of sp³-hybridized carbons (Fsp3) is 0.400. The molecular weight excluding hydrogens is 326 g/mol. The second-order valence-electron chi connectivity index (χ2n) is 6.63. The molecule has 3 heterocycles. The van der Waals surface area contributed by atoms with Gasteiger partial charge < -0.3 is 4.57 Å². The van der Waals surface area contributed by atoms with Gasteiger partial charge in [0.2, 0.25) is 0 Å². The number of nitrogens with one attached hydrogen (secondary N) is 1. The standard InChI is InChI=1S/C20H23N5O/c1-3-5-8-14(4-2)13-25-18(22)15(12-21)11-16-19(25)23-17-9-6-7-10-24(17)20(16)26/h6-7,9-11,14,22H,3-5,8,13H2,1-2H3. The molecule has 0 bridgehead atoms. The SMILES string of the molecule is CCCCC(CC)Cn1c(=N)c(C#N)cc2c(=O)n3ccccc3nc21. The van der Waals surface area contributed by atoms with E-state index in [9.17, 15) is 10.1 Å². The Hall–Kier alpha value is -2.94. The Labute approximate surface area is 151 Å². The van der Waals surface area contributed by atoms with Crippen molar-refractivity contribution in [3.05, 3.63) is 51.9 Å². The number of nitrogens with zero attached hydrogens (tertiary/aromatic N) is 4. The lowest BCUT2D eigenvalue weighted by atomic mass is 9.99. The summed E-state index contributed by atoms with van der Waals surface area (Å²) in [6.07, 6.45) is 5.96. The largest absolute Gasteiger partial charge is 0.309 e. The van der Waals surface area contributed by atoms with Crippen LogP contribution in [0.4, 0.5) is 0 Å². The van der Waals surface area contributed by atoms with E-state index in [1.807, 2.05) is 6.07 Å². The van der Waals surface area contributed by atoms with E-state index in [1.165, 1.54) is 10.5 Å². The van der Waals surface area contributed by atoms with E-state index in [1.54, 1.807) is 22.9 Å². The van der Waals surface area contributed by atoms with Gasteiger partial charge in [0, 0.05) is 12.7 Å². The van der Waals surface area contributed by atoms with Crippen LogP contribution in [0.1, 0.15) is 45.1 Å². The van der Waals surface area contributed by atoms with Crippen LogP contribution in [0.25, 0.3) is 16.7 Å². The summed E-state index contributed by atoms with van der Waals surface area (Å²) >= 11 is 0. The molecule has 3 aromatic heterocycles. The highest BCUT2D eigenvalue weighted by Gasteiger charge is 2.16. The second kappa shape index (κ2) is 7.52. The number of hydrogen-bond donors (Lipinski definition) is 1. The summed E-state index contributed by atoms with van der Waals surface area (Å²) in [5.41, 5.74) is 1.15. The van der Waals surface area contributed by atoms with Crippen molar-refractivity contribution in [1.82, 2.24) is 14.0 Å². The van der Waals surface area contributed by atoms with Crippen molar-refractivity contribution < 1.29 is 0 Å². The van der Waals surface area contributed by atoms with Crippen LogP contribution in [0.3, 0.4) is 0 Å². The smallest absolute Gasteiger partial charge is 0.267 e. The van der Waals surface area contributed by atoms with E-state index in [2.05, 4.69) is 24.9 Å². The Morgan fingerprint density at radius 3 is 2.85 bits per heavy atom. The monoisotopic (exact) mass is 349 g/mol. The highest BCUT2D eigenvalue weighted by Crippen LogP contribution is 2.17. The van der Waals surface area contributed by atoms with Crippen molar-refractivity contribution in [2.45, 2.75) is 46.1 Å². The Kier molecular flexibility index (Phi) is 5.17. The molecule has 1 atom stereocenters. The minimum absolute atomic E-state index is 0.127. The van der Waals surface area contributed by atoms with Gasteiger partial charge in [0.05, 0.1) is 10.9 Å². The highest BCUT2D eigenvalue weighted by molar-refractivity contribution is 5.77. The molecule has 3 aromatic rings. The third kappa shape index (κ3) is 3.13. The lowest BCUT2D eigenvalue weighted by Crippen LogP contribution is -2.29. The number of fused-ring (bicyclic) bond motifs is 2. The number of rotatable bonds is 6. The van der Waals surface area contributed by atoms with Crippen LogP contribution in [0.5, 0.6) is 0 Å². The van der Waals surface area contributed by atoms with E-state index in [0.717, 1.165) is 25.7 Å². The molecule has 1 N–H and O–H groups in total. The summed E-state index contributed by atoms with van der Waals surface area (Å²) in [6, 6.07) is 8.94. The van der Waals surface area contributed by atoms with Gasteiger partial charge >= 0.3 is 0 Å². The van der Waals surface area contributed by atoms with Crippen molar-refractivity contribution in [3.8, 4) is 6.07 Å². The molecular formula is C20H23N5O. The fourth-order valence-corrected chi connectivity index (χ4v) is 3.33. The molecule has 0 aliphatic carbocycles. The van der Waals surface area contributed by atoms with Crippen molar-refractivity contribution in [3.63, 3.8) is 0 Å². The fourth-order valence-electron chi connectivity index (χ4n) is 3.33. The first-order valence-corrected chi connectivity index (χ1v) is 9.10. The van der Waals surface area contributed by atoms with E-state index < -0.39 is 0 Å². The summed E-state index contributed by atoms with van der Waals surface area (Å²) in [4.78, 5) is 17.5. The highest BCUT2D eigenvalue weighted by atomic mass is 16.1. The van der Waals surface area contributed by atoms with Crippen LogP contribution < -0.4 is 11.0 Å². The molecule has 0 aliphatic rings. The van der Waals surface area contributed by atoms with Gasteiger partial charge in [0.1, 0.15) is 22.9 Å². The molecule has 134 valence electrons. The van der Waals surface area contributed by atoms with Crippen molar-refractivity contribution >= 4 is 16.7 Å². The molecule has 0 saturated carbocycles. The number of hydrogen-bond acceptors (Lipinski definition) is 4. The third-order valence-electron chi connectivity index (χ3n) is 4.92. The van der Waals surface area contributed by atoms with Gasteiger partial charge in [-0.05, 0) is 30.5 Å². The molecule has 0 saturated heterocycles. The Balaban J connectivity index is 2.29. The van der Waals surface area contributed by atoms with Crippen LogP contribution in [-0.2, 0) is 6.54 Å². The van der Waals surface area contributed by atoms with Crippen molar-refractivity contribution in [1.29, 1.82) is 10.7 Å². The van der Waals surface area contributed by atoms with Crippen LogP contribution in [0.15, 0.2) is 35.3 Å². The van der Waals surface area contributed by atoms with Gasteiger partial charge in [-0.25, -0.2) is 4.98 Å². The van der Waals surface area contributed by atoms with Crippen LogP contribution >= 0.6 is 0 Å². The van der Waals surface area contributed by atoms with Gasteiger partial charge in [-0.1, -0.05) is 39.2 Å². The van der Waals surface area contributed by atoms with Crippen LogP contribution in [0, 0.1) is 22.7 Å². The van der Waals surface area contributed by atoms with Gasteiger partial charge in [0.25, 0.3) is 5.56 Å². The maximum Gasteiger partial charge on any atom is 0.267 e. The average Bonchev–Trinajstić information content (AvgIpc) is 2.67. The van der Waals surface area contributed by atoms with Gasteiger partial charge in [-0.15, -0.1) is 0 Å². The third-order valence-corrected chi connectivity index (χ3v) is 4.92. The lowest BCUT2D eigenvalue weighted by molar-refractivity contribution is 0.387. The molecule has 26 heavy (non-hydrogen) atoms. The summed E-state index contributed by atoms with van der Waals surface area (Å²) < 4.78 is 3.22. The molecule has 0 spiro atoms. The molecule has 1 unspecified atom stereocenters. The maximum atomic E-state index is 12.9. The topological polar surface area (TPSA) is 86.9 Å². The van der Waals surface area contributed by atoms with Crippen LogP contribution in [0.2, 0.25) is 0 Å². The van der Waals surface area contributed by atoms with Crippen molar-refractivity contribution in [2.24, 2.45) is 5.92 Å². The first-order chi connectivity index (χ1) is 12.6. The Morgan fingerprint density at radius 2 is 2.15 bits per heavy atom. The molecule has 0 fully saturated rings. The number of aromatic nitrogens is 3. The Bertz CT molecular complexity index is 1100. The summed E-state index contributed by atoms with van der Waals surface area (Å²) in [5.74, 6) is 0.386. The normalized spacial score (nSPS) is 12.3. The maximum absolute atomic E-state index is 12.9. The molecule has 0 aliphatic heterocycles. The Morgan fingerprint density at radius 1 is 1.35 bits per heavy atom. The minimum Gasteiger partial charge on any atom is -0.309 e. The average molecular weight is 349 g/mol. The first kappa shape index (κ1) is 17.9. The molecule has 0 radical (unpaired) electrons. The van der Waals surface area contributed by atoms with Gasteiger partial charge in [-0.3, -0.25) is 14.6 Å². The van der Waals surface area contributed by atoms with Gasteiger partial charge in [0.15, 0.2) is 0 Å². The molecule has 0 aromatic carbocycles. The predicted molar refractivity (Wildman–Crippen MR) is 101 cm³/mol. The van der Waals surface area contributed by atoms with Crippen molar-refractivity contribution in [2.75, 3.05) is 0 Å². The first-order valence-electron chi connectivity index (χ1n) is 9.10. The van der Waals surface area contributed by atoms with E-state index >= 15 is 0 Å². The number of nitriles is 1. The quantitative estimate of drug-likeness (QED) is 0.693. The van der Waals surface area contributed by atoms with E-state index in [0.29, 0.717) is 29.1 Å². The zero-order valence-corrected chi connectivity index (χ0v) is 15.2.